The molecule has 2 N–H and O–H groups in total. The van der Waals surface area contributed by atoms with Crippen LogP contribution >= 0.6 is 0 Å². The molecule has 98 valence electrons. The Morgan fingerprint density at radius 3 is 2.95 bits per heavy atom. The lowest BCUT2D eigenvalue weighted by Gasteiger charge is -2.14. The van der Waals surface area contributed by atoms with Gasteiger partial charge in [0.2, 0.25) is 0 Å². The average Bonchev–Trinajstić information content (AvgIpc) is 2.96. The summed E-state index contributed by atoms with van der Waals surface area (Å²) in [5.74, 6) is 1.64. The first-order valence-corrected chi connectivity index (χ1v) is 6.45. The fourth-order valence-corrected chi connectivity index (χ4v) is 1.96. The summed E-state index contributed by atoms with van der Waals surface area (Å²) in [6.45, 7) is 2.43. The van der Waals surface area contributed by atoms with Crippen molar-refractivity contribution in [3.05, 3.63) is 42.2 Å². The van der Waals surface area contributed by atoms with Gasteiger partial charge in [-0.05, 0) is 6.42 Å². The molecule has 5 nitrogen and oxygen atoms in total. The van der Waals surface area contributed by atoms with E-state index in [4.69, 9.17) is 4.52 Å². The number of guanidine groups is 1. The maximum atomic E-state index is 5.31. The van der Waals surface area contributed by atoms with Gasteiger partial charge in [0.05, 0.1) is 6.54 Å². The fourth-order valence-electron chi connectivity index (χ4n) is 1.96. The number of nitrogens with zero attached hydrogens (tertiary/aromatic N) is 2. The highest BCUT2D eigenvalue weighted by Crippen LogP contribution is 2.18. The van der Waals surface area contributed by atoms with E-state index in [1.165, 1.54) is 0 Å². The zero-order valence-corrected chi connectivity index (χ0v) is 10.6. The maximum absolute atomic E-state index is 5.31. The van der Waals surface area contributed by atoms with Crippen LogP contribution < -0.4 is 10.6 Å². The van der Waals surface area contributed by atoms with Gasteiger partial charge in [0.25, 0.3) is 0 Å². The highest BCUT2D eigenvalue weighted by atomic mass is 16.5. The molecule has 0 saturated heterocycles. The normalized spacial score (nSPS) is 14.6. The average molecular weight is 256 g/mol. The largest absolute Gasteiger partial charge is 0.359 e. The van der Waals surface area contributed by atoms with Crippen molar-refractivity contribution in [1.29, 1.82) is 0 Å². The molecule has 0 saturated carbocycles. The first-order chi connectivity index (χ1) is 9.42. The second-order valence-corrected chi connectivity index (χ2v) is 4.41. The Labute approximate surface area is 111 Å². The standard InChI is InChI=1S/C14H16N4O/c1-2-5-11(6-3-1)13-9-12(19-18-13)10-17-14-15-7-4-8-16-14/h1-3,5-6,9H,4,7-8,10H2,(H2,15,16,17). The van der Waals surface area contributed by atoms with Gasteiger partial charge < -0.3 is 15.2 Å². The molecule has 0 unspecified atom stereocenters. The number of nitrogens with one attached hydrogen (secondary N) is 2. The molecule has 0 fully saturated rings. The first kappa shape index (κ1) is 11.8. The van der Waals surface area contributed by atoms with Crippen molar-refractivity contribution in [2.75, 3.05) is 13.1 Å². The summed E-state index contributed by atoms with van der Waals surface area (Å²) in [5, 5.41) is 10.5. The Morgan fingerprint density at radius 1 is 1.26 bits per heavy atom. The predicted molar refractivity (Wildman–Crippen MR) is 73.7 cm³/mol. The van der Waals surface area contributed by atoms with Crippen molar-refractivity contribution in [1.82, 2.24) is 15.8 Å². The van der Waals surface area contributed by atoms with Crippen molar-refractivity contribution in [3.8, 4) is 11.3 Å². The van der Waals surface area contributed by atoms with Gasteiger partial charge in [-0.25, -0.2) is 0 Å². The van der Waals surface area contributed by atoms with Gasteiger partial charge in [-0.1, -0.05) is 35.5 Å². The molecule has 0 bridgehead atoms. The van der Waals surface area contributed by atoms with Crippen LogP contribution in [0.2, 0.25) is 0 Å². The summed E-state index contributed by atoms with van der Waals surface area (Å²) in [4.78, 5) is 4.34. The minimum Gasteiger partial charge on any atom is -0.359 e. The lowest BCUT2D eigenvalue weighted by atomic mass is 10.1. The van der Waals surface area contributed by atoms with E-state index in [9.17, 15) is 0 Å². The SMILES string of the molecule is c1ccc(-c2cc(CNC3=NCCCN3)on2)cc1. The van der Waals surface area contributed by atoms with Crippen LogP contribution in [0.3, 0.4) is 0 Å². The Morgan fingerprint density at radius 2 is 2.16 bits per heavy atom. The molecule has 1 aliphatic heterocycles. The molecule has 3 rings (SSSR count). The van der Waals surface area contributed by atoms with Crippen LogP contribution in [0.4, 0.5) is 0 Å². The molecule has 0 aliphatic carbocycles. The molecule has 19 heavy (non-hydrogen) atoms. The molecule has 1 aromatic heterocycles. The summed E-state index contributed by atoms with van der Waals surface area (Å²) in [6, 6.07) is 11.9. The fraction of sp³-hybridized carbons (Fsp3) is 0.286. The maximum Gasteiger partial charge on any atom is 0.191 e. The van der Waals surface area contributed by atoms with Gasteiger partial charge in [0.15, 0.2) is 11.7 Å². The summed E-state index contributed by atoms with van der Waals surface area (Å²) >= 11 is 0. The lowest BCUT2D eigenvalue weighted by molar-refractivity contribution is 0.381. The molecular formula is C14H16N4O. The van der Waals surface area contributed by atoms with Crippen molar-refractivity contribution in [2.24, 2.45) is 4.99 Å². The van der Waals surface area contributed by atoms with E-state index in [-0.39, 0.29) is 0 Å². The molecule has 0 spiro atoms. The quantitative estimate of drug-likeness (QED) is 0.878. The number of aromatic nitrogens is 1. The van der Waals surface area contributed by atoms with E-state index in [1.807, 2.05) is 36.4 Å². The van der Waals surface area contributed by atoms with E-state index in [2.05, 4.69) is 20.8 Å². The number of aliphatic imine (C=N–C) groups is 1. The molecule has 2 heterocycles. The van der Waals surface area contributed by atoms with E-state index < -0.39 is 0 Å². The molecule has 1 aromatic carbocycles. The van der Waals surface area contributed by atoms with Crippen LogP contribution in [0.1, 0.15) is 12.2 Å². The number of benzene rings is 1. The van der Waals surface area contributed by atoms with E-state index >= 15 is 0 Å². The second-order valence-electron chi connectivity index (χ2n) is 4.41. The summed E-state index contributed by atoms with van der Waals surface area (Å²) < 4.78 is 5.31. The van der Waals surface area contributed by atoms with Gasteiger partial charge in [0, 0.05) is 24.7 Å². The number of hydrogen-bond donors (Lipinski definition) is 2. The van der Waals surface area contributed by atoms with Crippen molar-refractivity contribution in [2.45, 2.75) is 13.0 Å². The molecule has 1 aliphatic rings. The molecule has 0 atom stereocenters. The highest BCUT2D eigenvalue weighted by Gasteiger charge is 2.08. The first-order valence-electron chi connectivity index (χ1n) is 6.45. The van der Waals surface area contributed by atoms with Crippen molar-refractivity contribution in [3.63, 3.8) is 0 Å². The molecule has 2 aromatic rings. The van der Waals surface area contributed by atoms with Crippen LogP contribution in [-0.2, 0) is 6.54 Å². The summed E-state index contributed by atoms with van der Waals surface area (Å²) in [5.41, 5.74) is 1.92. The Bertz CT molecular complexity index is 562. The van der Waals surface area contributed by atoms with Crippen LogP contribution in [0, 0.1) is 0 Å². The zero-order valence-electron chi connectivity index (χ0n) is 10.6. The third-order valence-electron chi connectivity index (χ3n) is 2.96. The van der Waals surface area contributed by atoms with Crippen molar-refractivity contribution >= 4 is 5.96 Å². The molecule has 0 radical (unpaired) electrons. The Hall–Kier alpha value is -2.30. The number of hydrogen-bond acceptors (Lipinski definition) is 5. The summed E-state index contributed by atoms with van der Waals surface area (Å²) in [7, 11) is 0. The zero-order chi connectivity index (χ0) is 12.9. The highest BCUT2D eigenvalue weighted by molar-refractivity contribution is 5.80. The van der Waals surface area contributed by atoms with Gasteiger partial charge in [-0.15, -0.1) is 0 Å². The van der Waals surface area contributed by atoms with Crippen LogP contribution in [-0.4, -0.2) is 24.2 Å². The van der Waals surface area contributed by atoms with E-state index in [0.717, 1.165) is 42.5 Å². The molecule has 0 amide bonds. The monoisotopic (exact) mass is 256 g/mol. The van der Waals surface area contributed by atoms with Gasteiger partial charge in [-0.2, -0.15) is 0 Å². The third-order valence-corrected chi connectivity index (χ3v) is 2.96. The smallest absolute Gasteiger partial charge is 0.191 e. The second kappa shape index (κ2) is 5.56. The van der Waals surface area contributed by atoms with E-state index in [1.54, 1.807) is 0 Å². The minimum absolute atomic E-state index is 0.589. The Balaban J connectivity index is 1.64. The molecule has 5 heteroatoms. The van der Waals surface area contributed by atoms with E-state index in [0.29, 0.717) is 6.54 Å². The summed E-state index contributed by atoms with van der Waals surface area (Å²) in [6.07, 6.45) is 1.09. The van der Waals surface area contributed by atoms with Crippen LogP contribution in [0.5, 0.6) is 0 Å². The number of rotatable bonds is 3. The van der Waals surface area contributed by atoms with Crippen LogP contribution in [0.15, 0.2) is 45.9 Å². The van der Waals surface area contributed by atoms with Gasteiger partial charge >= 0.3 is 0 Å². The predicted octanol–water partition coefficient (Wildman–Crippen LogP) is 1.78. The van der Waals surface area contributed by atoms with Gasteiger partial charge in [-0.3, -0.25) is 4.99 Å². The topological polar surface area (TPSA) is 62.5 Å². The lowest BCUT2D eigenvalue weighted by Crippen LogP contribution is -2.40. The van der Waals surface area contributed by atoms with Crippen LogP contribution in [0.25, 0.3) is 11.3 Å². The van der Waals surface area contributed by atoms with Gasteiger partial charge in [0.1, 0.15) is 5.69 Å². The van der Waals surface area contributed by atoms with Crippen molar-refractivity contribution < 1.29 is 4.52 Å². The Kier molecular flexibility index (Phi) is 3.45. The molecular weight excluding hydrogens is 240 g/mol. The minimum atomic E-state index is 0.589. The third kappa shape index (κ3) is 2.93.